The smallest absolute Gasteiger partial charge is 0.152 e. The van der Waals surface area contributed by atoms with E-state index in [1.54, 1.807) is 6.20 Å². The molecule has 1 aliphatic rings. The molecule has 0 radical (unpaired) electrons. The van der Waals surface area contributed by atoms with Crippen LogP contribution in [0, 0.1) is 0 Å². The minimum Gasteiger partial charge on any atom is -0.339 e. The van der Waals surface area contributed by atoms with Gasteiger partial charge in [0.15, 0.2) is 5.82 Å². The lowest BCUT2D eigenvalue weighted by Gasteiger charge is -2.11. The molecule has 4 heteroatoms. The van der Waals surface area contributed by atoms with Crippen molar-refractivity contribution < 1.29 is 0 Å². The summed E-state index contributed by atoms with van der Waals surface area (Å²) in [5.41, 5.74) is 3.98. The van der Waals surface area contributed by atoms with Gasteiger partial charge < -0.3 is 5.32 Å². The fourth-order valence-electron chi connectivity index (χ4n) is 2.53. The first-order valence-corrected chi connectivity index (χ1v) is 7.05. The number of anilines is 2. The third-order valence-electron chi connectivity index (χ3n) is 3.53. The molecule has 3 nitrogen and oxygen atoms in total. The molecule has 0 unspecified atom stereocenters. The predicted molar refractivity (Wildman–Crippen MR) is 78.0 cm³/mol. The Labute approximate surface area is 118 Å². The number of hydrogen-bond acceptors (Lipinski definition) is 3. The van der Waals surface area contributed by atoms with Crippen LogP contribution in [0.2, 0.25) is 5.02 Å². The maximum absolute atomic E-state index is 6.06. The Balaban J connectivity index is 1.86. The number of benzene rings is 1. The van der Waals surface area contributed by atoms with Crippen molar-refractivity contribution in [1.29, 1.82) is 0 Å². The van der Waals surface area contributed by atoms with Crippen molar-refractivity contribution in [3.63, 3.8) is 0 Å². The molecule has 1 aliphatic carbocycles. The first-order chi connectivity index (χ1) is 9.33. The van der Waals surface area contributed by atoms with E-state index in [2.05, 4.69) is 33.5 Å². The van der Waals surface area contributed by atoms with Gasteiger partial charge >= 0.3 is 0 Å². The molecule has 0 atom stereocenters. The molecule has 0 saturated heterocycles. The van der Waals surface area contributed by atoms with Crippen LogP contribution in [0.1, 0.15) is 30.4 Å². The third kappa shape index (κ3) is 2.87. The van der Waals surface area contributed by atoms with Gasteiger partial charge in [-0.25, -0.2) is 9.97 Å². The largest absolute Gasteiger partial charge is 0.339 e. The molecule has 3 rings (SSSR count). The van der Waals surface area contributed by atoms with Crippen molar-refractivity contribution in [3.8, 4) is 0 Å². The molecule has 1 N–H and O–H groups in total. The van der Waals surface area contributed by atoms with Gasteiger partial charge in [-0.3, -0.25) is 0 Å². The Morgan fingerprint density at radius 1 is 1.05 bits per heavy atom. The molecule has 98 valence electrons. The maximum Gasteiger partial charge on any atom is 0.152 e. The summed E-state index contributed by atoms with van der Waals surface area (Å²) < 4.78 is 0. The number of aryl methyl sites for hydroxylation is 2. The Hall–Kier alpha value is -1.61. The van der Waals surface area contributed by atoms with Gasteiger partial charge in [-0.1, -0.05) is 24.1 Å². The first-order valence-electron chi connectivity index (χ1n) is 6.67. The zero-order valence-electron chi connectivity index (χ0n) is 10.7. The number of rotatable bonds is 2. The molecule has 2 aromatic rings. The number of nitrogens with zero attached hydrogens (tertiary/aromatic N) is 2. The van der Waals surface area contributed by atoms with E-state index >= 15 is 0 Å². The lowest BCUT2D eigenvalue weighted by molar-refractivity contribution is 0.711. The minimum absolute atomic E-state index is 0.539. The summed E-state index contributed by atoms with van der Waals surface area (Å²) in [6.45, 7) is 0. The average Bonchev–Trinajstić information content (AvgIpc) is 2.66. The van der Waals surface area contributed by atoms with Crippen LogP contribution in [0.5, 0.6) is 0 Å². The number of nitrogens with one attached hydrogen (secondary N) is 1. The lowest BCUT2D eigenvalue weighted by Crippen LogP contribution is -1.98. The molecule has 1 aromatic heterocycles. The molecule has 0 aliphatic heterocycles. The van der Waals surface area contributed by atoms with Gasteiger partial charge in [-0.05, 0) is 48.9 Å². The average molecular weight is 274 g/mol. The highest BCUT2D eigenvalue weighted by atomic mass is 35.5. The second-order valence-corrected chi connectivity index (χ2v) is 5.30. The number of fused-ring (bicyclic) bond motifs is 1. The molecule has 0 saturated carbocycles. The zero-order chi connectivity index (χ0) is 13.1. The van der Waals surface area contributed by atoms with Crippen LogP contribution >= 0.6 is 11.6 Å². The summed E-state index contributed by atoms with van der Waals surface area (Å²) in [5.74, 6) is 0.658. The van der Waals surface area contributed by atoms with Crippen LogP contribution in [-0.4, -0.2) is 9.97 Å². The van der Waals surface area contributed by atoms with E-state index in [0.717, 1.165) is 5.69 Å². The Bertz CT molecular complexity index is 583. The van der Waals surface area contributed by atoms with E-state index in [4.69, 9.17) is 11.6 Å². The summed E-state index contributed by atoms with van der Waals surface area (Å²) in [7, 11) is 0. The van der Waals surface area contributed by atoms with Gasteiger partial charge in [0.2, 0.25) is 0 Å². The summed E-state index contributed by atoms with van der Waals surface area (Å²) in [6, 6.07) is 6.54. The van der Waals surface area contributed by atoms with Crippen molar-refractivity contribution in [2.45, 2.75) is 32.1 Å². The van der Waals surface area contributed by atoms with E-state index in [-0.39, 0.29) is 0 Å². The second-order valence-electron chi connectivity index (χ2n) is 4.89. The van der Waals surface area contributed by atoms with Crippen molar-refractivity contribution >= 4 is 23.1 Å². The normalized spacial score (nSPS) is 14.6. The van der Waals surface area contributed by atoms with Gasteiger partial charge in [-0.2, -0.15) is 0 Å². The number of halogens is 1. The summed E-state index contributed by atoms with van der Waals surface area (Å²) in [5, 5.41) is 3.80. The molecule has 0 fully saturated rings. The predicted octanol–water partition coefficient (Wildman–Crippen LogP) is 4.14. The molecule has 1 heterocycles. The summed E-state index contributed by atoms with van der Waals surface area (Å²) >= 11 is 6.06. The molecule has 0 bridgehead atoms. The van der Waals surface area contributed by atoms with Gasteiger partial charge in [0, 0.05) is 5.69 Å². The van der Waals surface area contributed by atoms with Crippen molar-refractivity contribution in [2.24, 2.45) is 0 Å². The molecule has 0 amide bonds. The topological polar surface area (TPSA) is 37.8 Å². The van der Waals surface area contributed by atoms with E-state index in [1.165, 1.54) is 49.6 Å². The summed E-state index contributed by atoms with van der Waals surface area (Å²) in [6.07, 6.45) is 9.38. The van der Waals surface area contributed by atoms with Crippen LogP contribution in [-0.2, 0) is 12.8 Å². The SMILES string of the molecule is Clc1cncnc1Nc1ccc2c(c1)CCCCC2. The number of hydrogen-bond donors (Lipinski definition) is 1. The van der Waals surface area contributed by atoms with E-state index in [0.29, 0.717) is 10.8 Å². The van der Waals surface area contributed by atoms with Crippen LogP contribution in [0.25, 0.3) is 0 Å². The number of aromatic nitrogens is 2. The van der Waals surface area contributed by atoms with Crippen molar-refractivity contribution in [1.82, 2.24) is 9.97 Å². The van der Waals surface area contributed by atoms with Crippen molar-refractivity contribution in [3.05, 3.63) is 46.9 Å². The molecule has 0 spiro atoms. The molecular formula is C15H16ClN3. The van der Waals surface area contributed by atoms with Gasteiger partial charge in [-0.15, -0.1) is 0 Å². The zero-order valence-corrected chi connectivity index (χ0v) is 11.5. The van der Waals surface area contributed by atoms with Crippen molar-refractivity contribution in [2.75, 3.05) is 5.32 Å². The highest BCUT2D eigenvalue weighted by Crippen LogP contribution is 2.26. The van der Waals surface area contributed by atoms with E-state index in [1.807, 2.05) is 0 Å². The second kappa shape index (κ2) is 5.57. The Kier molecular flexibility index (Phi) is 3.65. The van der Waals surface area contributed by atoms with Crippen LogP contribution < -0.4 is 5.32 Å². The fraction of sp³-hybridized carbons (Fsp3) is 0.333. The Morgan fingerprint density at radius 2 is 1.89 bits per heavy atom. The maximum atomic E-state index is 6.06. The van der Waals surface area contributed by atoms with Gasteiger partial charge in [0.1, 0.15) is 11.3 Å². The Morgan fingerprint density at radius 3 is 2.74 bits per heavy atom. The third-order valence-corrected chi connectivity index (χ3v) is 3.81. The van der Waals surface area contributed by atoms with E-state index in [9.17, 15) is 0 Å². The van der Waals surface area contributed by atoms with Crippen LogP contribution in [0.3, 0.4) is 0 Å². The quantitative estimate of drug-likeness (QED) is 0.836. The molecule has 1 aromatic carbocycles. The van der Waals surface area contributed by atoms with Gasteiger partial charge in [0.25, 0.3) is 0 Å². The standard InChI is InChI=1S/C15H16ClN3/c16-14-9-17-10-18-15(14)19-13-7-6-11-4-2-1-3-5-12(11)8-13/h6-10H,1-5H2,(H,17,18,19). The van der Waals surface area contributed by atoms with Crippen LogP contribution in [0.4, 0.5) is 11.5 Å². The minimum atomic E-state index is 0.539. The lowest BCUT2D eigenvalue weighted by atomic mass is 10.0. The fourth-order valence-corrected chi connectivity index (χ4v) is 2.68. The summed E-state index contributed by atoms with van der Waals surface area (Å²) in [4.78, 5) is 8.04. The van der Waals surface area contributed by atoms with Crippen LogP contribution in [0.15, 0.2) is 30.7 Å². The van der Waals surface area contributed by atoms with Gasteiger partial charge in [0.05, 0.1) is 6.20 Å². The molecular weight excluding hydrogens is 258 g/mol. The first kappa shape index (κ1) is 12.4. The van der Waals surface area contributed by atoms with E-state index < -0.39 is 0 Å². The molecule has 19 heavy (non-hydrogen) atoms. The highest BCUT2D eigenvalue weighted by Gasteiger charge is 2.09. The monoisotopic (exact) mass is 273 g/mol. The highest BCUT2D eigenvalue weighted by molar-refractivity contribution is 6.32.